The quantitative estimate of drug-likeness (QED) is 0.714. The van der Waals surface area contributed by atoms with E-state index in [1.807, 2.05) is 5.92 Å². The molecule has 6 nitrogen and oxygen atoms in total. The maximum atomic E-state index is 12.2. The molecule has 0 radical (unpaired) electrons. The molecule has 1 aliphatic rings. The fourth-order valence-corrected chi connectivity index (χ4v) is 2.24. The summed E-state index contributed by atoms with van der Waals surface area (Å²) in [6, 6.07) is -1.54. The first-order valence-corrected chi connectivity index (χ1v) is 6.08. The van der Waals surface area contributed by atoms with E-state index in [1.54, 1.807) is 13.8 Å². The van der Waals surface area contributed by atoms with Crippen LogP contribution in [0.2, 0.25) is 0 Å². The lowest BCUT2D eigenvalue weighted by molar-refractivity contribution is -0.157. The predicted octanol–water partition coefficient (Wildman–Crippen LogP) is -0.212. The van der Waals surface area contributed by atoms with Gasteiger partial charge in [0.25, 0.3) is 5.91 Å². The van der Waals surface area contributed by atoms with Crippen LogP contribution in [0.4, 0.5) is 0 Å². The maximum Gasteiger partial charge on any atom is 0.326 e. The highest BCUT2D eigenvalue weighted by Gasteiger charge is 2.41. The fourth-order valence-electron chi connectivity index (χ4n) is 2.24. The largest absolute Gasteiger partial charge is 0.480 e. The molecule has 1 aliphatic heterocycles. The van der Waals surface area contributed by atoms with Crippen molar-refractivity contribution >= 4 is 17.8 Å². The summed E-state index contributed by atoms with van der Waals surface area (Å²) in [4.78, 5) is 37.2. The molecule has 0 aliphatic carbocycles. The number of carbonyl (C=O) groups excluding carboxylic acids is 2. The molecule has 0 saturated carbocycles. The van der Waals surface area contributed by atoms with Crippen molar-refractivity contribution in [2.24, 2.45) is 5.92 Å². The normalized spacial score (nSPS) is 19.3. The van der Waals surface area contributed by atoms with E-state index in [4.69, 9.17) is 11.5 Å². The molecule has 0 aromatic carbocycles. The first kappa shape index (κ1) is 15.0. The van der Waals surface area contributed by atoms with Gasteiger partial charge in [0.15, 0.2) is 0 Å². The highest BCUT2D eigenvalue weighted by Crippen LogP contribution is 2.21. The van der Waals surface area contributed by atoms with Crippen LogP contribution >= 0.6 is 0 Å². The zero-order valence-electron chi connectivity index (χ0n) is 11.3. The van der Waals surface area contributed by atoms with Crippen molar-refractivity contribution in [3.05, 3.63) is 0 Å². The summed E-state index contributed by atoms with van der Waals surface area (Å²) in [6.07, 6.45) is 5.53. The molecule has 19 heavy (non-hydrogen) atoms. The summed E-state index contributed by atoms with van der Waals surface area (Å²) in [5.41, 5.74) is 0. The van der Waals surface area contributed by atoms with Crippen LogP contribution in [0.1, 0.15) is 20.3 Å². The van der Waals surface area contributed by atoms with Gasteiger partial charge in [-0.15, -0.1) is 6.42 Å². The Balaban J connectivity index is 2.80. The van der Waals surface area contributed by atoms with E-state index in [-0.39, 0.29) is 11.8 Å². The lowest BCUT2D eigenvalue weighted by Crippen LogP contribution is -2.60. The van der Waals surface area contributed by atoms with E-state index < -0.39 is 24.0 Å². The average molecular weight is 266 g/mol. The predicted molar refractivity (Wildman–Crippen MR) is 68.0 cm³/mol. The first-order chi connectivity index (χ1) is 8.81. The van der Waals surface area contributed by atoms with Crippen molar-refractivity contribution in [3.8, 4) is 12.3 Å². The van der Waals surface area contributed by atoms with E-state index in [0.717, 1.165) is 0 Å². The van der Waals surface area contributed by atoms with Gasteiger partial charge in [-0.1, -0.05) is 13.8 Å². The standard InChI is InChI=1S/C13H18N2O4/c1-5-10(16)15-7-6-9(15)12(17)14(4)11(8(2)3)13(18)19/h1,8-9,11H,6-7H2,2-4H3,(H,18,19)/t9-,11-/m0/s1. The van der Waals surface area contributed by atoms with Crippen LogP contribution in [0.25, 0.3) is 0 Å². The fraction of sp³-hybridized carbons (Fsp3) is 0.615. The number of amides is 2. The van der Waals surface area contributed by atoms with Crippen LogP contribution < -0.4 is 0 Å². The Morgan fingerprint density at radius 2 is 2.00 bits per heavy atom. The van der Waals surface area contributed by atoms with Gasteiger partial charge in [0.2, 0.25) is 5.91 Å². The summed E-state index contributed by atoms with van der Waals surface area (Å²) in [6.45, 7) is 3.90. The van der Waals surface area contributed by atoms with E-state index in [2.05, 4.69) is 0 Å². The molecule has 2 amide bonds. The number of aliphatic carboxylic acids is 1. The zero-order chi connectivity index (χ0) is 14.7. The number of carboxylic acids is 1. The molecule has 1 N–H and O–H groups in total. The Morgan fingerprint density at radius 3 is 2.32 bits per heavy atom. The van der Waals surface area contributed by atoms with E-state index in [9.17, 15) is 14.4 Å². The molecule has 1 heterocycles. The van der Waals surface area contributed by atoms with Gasteiger partial charge in [-0.05, 0) is 18.3 Å². The second-order valence-corrected chi connectivity index (χ2v) is 4.92. The lowest BCUT2D eigenvalue weighted by atomic mass is 9.98. The van der Waals surface area contributed by atoms with E-state index >= 15 is 0 Å². The van der Waals surface area contributed by atoms with Gasteiger partial charge in [-0.3, -0.25) is 9.59 Å². The SMILES string of the molecule is C#CC(=O)N1CC[C@H]1C(=O)N(C)[C@H](C(=O)O)C(C)C. The van der Waals surface area contributed by atoms with Gasteiger partial charge in [0, 0.05) is 13.6 Å². The Hall–Kier alpha value is -2.03. The summed E-state index contributed by atoms with van der Waals surface area (Å²) >= 11 is 0. The maximum absolute atomic E-state index is 12.2. The Morgan fingerprint density at radius 1 is 1.42 bits per heavy atom. The highest BCUT2D eigenvalue weighted by molar-refractivity contribution is 5.98. The number of likely N-dealkylation sites (N-methyl/N-ethyl adjacent to an activating group) is 1. The number of carbonyl (C=O) groups is 3. The highest BCUT2D eigenvalue weighted by atomic mass is 16.4. The third-order valence-corrected chi connectivity index (χ3v) is 3.34. The van der Waals surface area contributed by atoms with Crippen LogP contribution in [0.3, 0.4) is 0 Å². The molecule has 6 heteroatoms. The minimum absolute atomic E-state index is 0.219. The second-order valence-electron chi connectivity index (χ2n) is 4.92. The van der Waals surface area contributed by atoms with Crippen LogP contribution in [-0.4, -0.2) is 58.4 Å². The molecule has 1 saturated heterocycles. The molecular weight excluding hydrogens is 248 g/mol. The summed E-state index contributed by atoms with van der Waals surface area (Å²) in [5.74, 6) is -0.221. The van der Waals surface area contributed by atoms with Gasteiger partial charge in [0.05, 0.1) is 0 Å². The molecule has 2 atom stereocenters. The second kappa shape index (κ2) is 5.74. The minimum atomic E-state index is -1.06. The number of hydrogen-bond donors (Lipinski definition) is 1. The van der Waals surface area contributed by atoms with Crippen molar-refractivity contribution in [1.29, 1.82) is 0 Å². The van der Waals surface area contributed by atoms with Crippen molar-refractivity contribution in [2.45, 2.75) is 32.4 Å². The molecule has 0 spiro atoms. The number of nitrogens with zero attached hydrogens (tertiary/aromatic N) is 2. The van der Waals surface area contributed by atoms with Crippen LogP contribution in [0.5, 0.6) is 0 Å². The average Bonchev–Trinajstić information content (AvgIpc) is 2.25. The Kier molecular flexibility index (Phi) is 4.54. The van der Waals surface area contributed by atoms with Gasteiger partial charge in [-0.25, -0.2) is 4.79 Å². The van der Waals surface area contributed by atoms with Crippen molar-refractivity contribution in [3.63, 3.8) is 0 Å². The van der Waals surface area contributed by atoms with Crippen molar-refractivity contribution < 1.29 is 19.5 Å². The smallest absolute Gasteiger partial charge is 0.326 e. The van der Waals surface area contributed by atoms with Crippen molar-refractivity contribution in [1.82, 2.24) is 9.80 Å². The summed E-state index contributed by atoms with van der Waals surface area (Å²) in [7, 11) is 1.44. The van der Waals surface area contributed by atoms with E-state index in [0.29, 0.717) is 13.0 Å². The molecule has 0 aromatic heterocycles. The third kappa shape index (κ3) is 2.87. The number of likely N-dealkylation sites (tertiary alicyclic amines) is 1. The summed E-state index contributed by atoms with van der Waals surface area (Å²) in [5, 5.41) is 9.15. The van der Waals surface area contributed by atoms with Gasteiger partial charge in [-0.2, -0.15) is 0 Å². The summed E-state index contributed by atoms with van der Waals surface area (Å²) < 4.78 is 0. The monoisotopic (exact) mass is 266 g/mol. The lowest BCUT2D eigenvalue weighted by Gasteiger charge is -2.41. The van der Waals surface area contributed by atoms with Gasteiger partial charge < -0.3 is 14.9 Å². The van der Waals surface area contributed by atoms with Crippen LogP contribution in [-0.2, 0) is 14.4 Å². The number of hydrogen-bond acceptors (Lipinski definition) is 3. The van der Waals surface area contributed by atoms with E-state index in [1.165, 1.54) is 16.8 Å². The molecule has 104 valence electrons. The molecule has 1 fully saturated rings. The van der Waals surface area contributed by atoms with Gasteiger partial charge in [0.1, 0.15) is 12.1 Å². The molecule has 0 bridgehead atoms. The molecular formula is C13H18N2O4. The first-order valence-electron chi connectivity index (χ1n) is 6.08. The Labute approximate surface area is 112 Å². The molecule has 0 unspecified atom stereocenters. The third-order valence-electron chi connectivity index (χ3n) is 3.34. The minimum Gasteiger partial charge on any atom is -0.480 e. The number of rotatable bonds is 4. The van der Waals surface area contributed by atoms with Gasteiger partial charge >= 0.3 is 5.97 Å². The topological polar surface area (TPSA) is 77.9 Å². The molecule has 0 aromatic rings. The van der Waals surface area contributed by atoms with Crippen LogP contribution in [0, 0.1) is 18.3 Å². The zero-order valence-corrected chi connectivity index (χ0v) is 11.3. The van der Waals surface area contributed by atoms with Crippen LogP contribution in [0.15, 0.2) is 0 Å². The number of carboxylic acid groups (broad SMARTS) is 1. The Bertz CT molecular complexity index is 438. The number of terminal acetylenes is 1. The molecule has 1 rings (SSSR count). The van der Waals surface area contributed by atoms with Crippen molar-refractivity contribution in [2.75, 3.05) is 13.6 Å².